The quantitative estimate of drug-likeness (QED) is 0.782. The van der Waals surface area contributed by atoms with E-state index in [1.807, 2.05) is 12.1 Å². The predicted octanol–water partition coefficient (Wildman–Crippen LogP) is 4.56. The van der Waals surface area contributed by atoms with Gasteiger partial charge in [0, 0.05) is 15.8 Å². The molecule has 2 aromatic rings. The van der Waals surface area contributed by atoms with Crippen molar-refractivity contribution in [3.05, 3.63) is 63.6 Å². The maximum atomic E-state index is 12.0. The van der Waals surface area contributed by atoms with E-state index in [1.54, 1.807) is 12.1 Å². The zero-order valence-electron chi connectivity index (χ0n) is 11.9. The minimum Gasteiger partial charge on any atom is -0.478 e. The number of nitrogens with one attached hydrogen (secondary N) is 1. The van der Waals surface area contributed by atoms with Crippen molar-refractivity contribution in [3.63, 3.8) is 0 Å². The molecule has 0 radical (unpaired) electrons. The van der Waals surface area contributed by atoms with Gasteiger partial charge in [-0.25, -0.2) is 4.79 Å². The van der Waals surface area contributed by atoms with Crippen LogP contribution in [0.2, 0.25) is 10.0 Å². The molecule has 2 rings (SSSR count). The number of rotatable bonds is 6. The van der Waals surface area contributed by atoms with E-state index in [9.17, 15) is 9.59 Å². The summed E-state index contributed by atoms with van der Waals surface area (Å²) >= 11 is 13.1. The lowest BCUT2D eigenvalue weighted by Gasteiger charge is -2.09. The lowest BCUT2D eigenvalue weighted by molar-refractivity contribution is -0.113. The van der Waals surface area contributed by atoms with Gasteiger partial charge in [-0.3, -0.25) is 4.79 Å². The van der Waals surface area contributed by atoms with Crippen molar-refractivity contribution in [2.24, 2.45) is 0 Å². The van der Waals surface area contributed by atoms with Crippen LogP contribution in [0.25, 0.3) is 0 Å². The van der Waals surface area contributed by atoms with E-state index in [2.05, 4.69) is 5.32 Å². The Morgan fingerprint density at radius 2 is 1.70 bits per heavy atom. The summed E-state index contributed by atoms with van der Waals surface area (Å²) in [6, 6.07) is 11.6. The topological polar surface area (TPSA) is 66.4 Å². The molecule has 0 heterocycles. The Hall–Kier alpha value is -1.69. The van der Waals surface area contributed by atoms with Gasteiger partial charge in [-0.05, 0) is 35.9 Å². The van der Waals surface area contributed by atoms with Crippen LogP contribution in [-0.2, 0) is 10.5 Å². The average molecular weight is 370 g/mol. The molecule has 120 valence electrons. The van der Waals surface area contributed by atoms with Crippen molar-refractivity contribution in [3.8, 4) is 0 Å². The molecule has 0 saturated carbocycles. The molecule has 0 aliphatic rings. The number of benzene rings is 2. The molecule has 1 amide bonds. The molecule has 0 saturated heterocycles. The van der Waals surface area contributed by atoms with Crippen LogP contribution in [0.1, 0.15) is 15.9 Å². The minimum atomic E-state index is -1.12. The Morgan fingerprint density at radius 1 is 1.04 bits per heavy atom. The number of hydrogen-bond donors (Lipinski definition) is 2. The summed E-state index contributed by atoms with van der Waals surface area (Å²) in [5.41, 5.74) is 1.26. The van der Waals surface area contributed by atoms with Gasteiger partial charge in [-0.1, -0.05) is 35.3 Å². The van der Waals surface area contributed by atoms with Gasteiger partial charge in [0.2, 0.25) is 5.91 Å². The molecule has 23 heavy (non-hydrogen) atoms. The van der Waals surface area contributed by atoms with Crippen molar-refractivity contribution in [2.75, 3.05) is 11.1 Å². The summed E-state index contributed by atoms with van der Waals surface area (Å²) in [4.78, 5) is 23.1. The third-order valence-corrected chi connectivity index (χ3v) is 4.39. The number of anilines is 1. The van der Waals surface area contributed by atoms with E-state index >= 15 is 0 Å². The first kappa shape index (κ1) is 17.7. The molecule has 0 atom stereocenters. The van der Waals surface area contributed by atoms with E-state index in [1.165, 1.54) is 30.0 Å². The highest BCUT2D eigenvalue weighted by molar-refractivity contribution is 7.99. The number of amides is 1. The number of carboxylic acid groups (broad SMARTS) is 1. The van der Waals surface area contributed by atoms with Crippen LogP contribution in [0.15, 0.2) is 42.5 Å². The zero-order chi connectivity index (χ0) is 16.8. The van der Waals surface area contributed by atoms with Crippen LogP contribution in [0.3, 0.4) is 0 Å². The van der Waals surface area contributed by atoms with Crippen LogP contribution in [-0.4, -0.2) is 22.7 Å². The maximum absolute atomic E-state index is 12.0. The molecule has 0 bridgehead atoms. The van der Waals surface area contributed by atoms with Gasteiger partial charge in [0.1, 0.15) is 0 Å². The number of aromatic carboxylic acids is 1. The molecule has 2 N–H and O–H groups in total. The van der Waals surface area contributed by atoms with Crippen molar-refractivity contribution < 1.29 is 14.7 Å². The van der Waals surface area contributed by atoms with Crippen molar-refractivity contribution in [1.29, 1.82) is 0 Å². The van der Waals surface area contributed by atoms with Crippen LogP contribution in [0.4, 0.5) is 5.69 Å². The van der Waals surface area contributed by atoms with Crippen LogP contribution in [0.5, 0.6) is 0 Å². The molecule has 0 aliphatic carbocycles. The minimum absolute atomic E-state index is 0.00505. The molecule has 2 aromatic carbocycles. The Balaban J connectivity index is 1.91. The molecule has 0 unspecified atom stereocenters. The van der Waals surface area contributed by atoms with Crippen LogP contribution >= 0.6 is 35.0 Å². The Kier molecular flexibility index (Phi) is 6.33. The summed E-state index contributed by atoms with van der Waals surface area (Å²) < 4.78 is 0. The van der Waals surface area contributed by atoms with Crippen molar-refractivity contribution in [2.45, 2.75) is 5.75 Å². The van der Waals surface area contributed by atoms with E-state index in [0.717, 1.165) is 5.56 Å². The van der Waals surface area contributed by atoms with E-state index in [-0.39, 0.29) is 22.9 Å². The second-order valence-electron chi connectivity index (χ2n) is 4.66. The molecule has 0 spiro atoms. The van der Waals surface area contributed by atoms with Gasteiger partial charge in [-0.15, -0.1) is 11.8 Å². The van der Waals surface area contributed by atoms with Crippen LogP contribution in [0, 0.1) is 0 Å². The summed E-state index contributed by atoms with van der Waals surface area (Å²) in [6.45, 7) is 0. The van der Waals surface area contributed by atoms with E-state index < -0.39 is 5.97 Å². The largest absolute Gasteiger partial charge is 0.478 e. The van der Waals surface area contributed by atoms with Gasteiger partial charge in [0.25, 0.3) is 0 Å². The highest BCUT2D eigenvalue weighted by Crippen LogP contribution is 2.22. The van der Waals surface area contributed by atoms with Crippen molar-refractivity contribution in [1.82, 2.24) is 0 Å². The fourth-order valence-corrected chi connectivity index (χ4v) is 2.92. The molecule has 7 heteroatoms. The number of thioether (sulfide) groups is 1. The standard InChI is InChI=1S/C16H13Cl2NO3S/c17-11-3-1-10(2-4-11)8-23-9-15(20)19-14-7-12(18)5-6-13(14)16(21)22/h1-7H,8-9H2,(H,19,20)(H,21,22). The van der Waals surface area contributed by atoms with Gasteiger partial charge in [0.15, 0.2) is 0 Å². The van der Waals surface area contributed by atoms with Gasteiger partial charge < -0.3 is 10.4 Å². The van der Waals surface area contributed by atoms with Gasteiger partial charge in [-0.2, -0.15) is 0 Å². The SMILES string of the molecule is O=C(CSCc1ccc(Cl)cc1)Nc1cc(Cl)ccc1C(=O)O. The molecular formula is C16H13Cl2NO3S. The predicted molar refractivity (Wildman–Crippen MR) is 94.7 cm³/mol. The third-order valence-electron chi connectivity index (χ3n) is 2.90. The fourth-order valence-electron chi connectivity index (χ4n) is 1.83. The second-order valence-corrected chi connectivity index (χ2v) is 6.52. The number of carbonyl (C=O) groups excluding carboxylic acids is 1. The summed E-state index contributed by atoms with van der Waals surface area (Å²) in [6.07, 6.45) is 0. The molecule has 0 fully saturated rings. The monoisotopic (exact) mass is 369 g/mol. The summed E-state index contributed by atoms with van der Waals surface area (Å²) in [5.74, 6) is -0.542. The van der Waals surface area contributed by atoms with Crippen LogP contribution < -0.4 is 5.32 Å². The lowest BCUT2D eigenvalue weighted by atomic mass is 10.2. The van der Waals surface area contributed by atoms with Gasteiger partial charge >= 0.3 is 5.97 Å². The average Bonchev–Trinajstić information content (AvgIpc) is 2.49. The molecule has 4 nitrogen and oxygen atoms in total. The number of carboxylic acids is 1. The van der Waals surface area contributed by atoms with E-state index in [0.29, 0.717) is 15.8 Å². The first-order valence-corrected chi connectivity index (χ1v) is 8.51. The number of halogens is 2. The Labute approximate surface area is 147 Å². The number of hydrogen-bond acceptors (Lipinski definition) is 3. The summed E-state index contributed by atoms with van der Waals surface area (Å²) in [7, 11) is 0. The summed E-state index contributed by atoms with van der Waals surface area (Å²) in [5, 5.41) is 12.7. The number of carbonyl (C=O) groups is 2. The van der Waals surface area contributed by atoms with Gasteiger partial charge in [0.05, 0.1) is 17.0 Å². The molecule has 0 aliphatic heterocycles. The first-order chi connectivity index (χ1) is 11.0. The smallest absolute Gasteiger partial charge is 0.337 e. The Bertz CT molecular complexity index is 720. The zero-order valence-corrected chi connectivity index (χ0v) is 14.2. The second kappa shape index (κ2) is 8.24. The Morgan fingerprint density at radius 3 is 2.35 bits per heavy atom. The van der Waals surface area contributed by atoms with E-state index in [4.69, 9.17) is 28.3 Å². The third kappa shape index (κ3) is 5.46. The fraction of sp³-hybridized carbons (Fsp3) is 0.125. The lowest BCUT2D eigenvalue weighted by Crippen LogP contribution is -2.16. The first-order valence-electron chi connectivity index (χ1n) is 6.60. The molecule has 0 aromatic heterocycles. The molecular weight excluding hydrogens is 357 g/mol. The van der Waals surface area contributed by atoms with Crippen molar-refractivity contribution >= 4 is 52.5 Å². The normalized spacial score (nSPS) is 10.3. The highest BCUT2D eigenvalue weighted by atomic mass is 35.5. The maximum Gasteiger partial charge on any atom is 0.337 e. The highest BCUT2D eigenvalue weighted by Gasteiger charge is 2.13.